The number of thioether (sulfide) groups is 1. The first-order valence-corrected chi connectivity index (χ1v) is 9.14. The average molecular weight is 441 g/mol. The second-order valence-corrected chi connectivity index (χ2v) is 7.95. The topological polar surface area (TPSA) is 46.2 Å². The molecular weight excluding hydrogens is 431 g/mol. The summed E-state index contributed by atoms with van der Waals surface area (Å²) in [7, 11) is -3.67. The van der Waals surface area contributed by atoms with Crippen LogP contribution in [0.4, 0.5) is 14.5 Å². The molecule has 0 aliphatic heterocycles. The van der Waals surface area contributed by atoms with E-state index in [0.29, 0.717) is 22.3 Å². The minimum absolute atomic E-state index is 0.147. The van der Waals surface area contributed by atoms with Crippen LogP contribution in [0.2, 0.25) is 0 Å². The highest BCUT2D eigenvalue weighted by molar-refractivity contribution is 14.1. The SMILES string of the molecule is O=S(=O)(Nc1ccc(SC(F)F)cc1)c1ccc(I)cc1. The molecule has 2 rings (SSSR count). The first-order valence-electron chi connectivity index (χ1n) is 5.70. The molecule has 0 aliphatic carbocycles. The second kappa shape index (κ2) is 6.93. The van der Waals surface area contributed by atoms with Gasteiger partial charge in [0.25, 0.3) is 15.8 Å². The number of anilines is 1. The molecule has 0 atom stereocenters. The molecule has 2 aromatic rings. The molecule has 112 valence electrons. The van der Waals surface area contributed by atoms with Gasteiger partial charge in [-0.15, -0.1) is 0 Å². The molecule has 0 saturated heterocycles. The molecule has 0 spiro atoms. The zero-order chi connectivity index (χ0) is 15.5. The highest BCUT2D eigenvalue weighted by Crippen LogP contribution is 2.26. The van der Waals surface area contributed by atoms with Crippen molar-refractivity contribution in [1.82, 2.24) is 0 Å². The van der Waals surface area contributed by atoms with Gasteiger partial charge in [-0.2, -0.15) is 8.78 Å². The van der Waals surface area contributed by atoms with Crippen LogP contribution in [0.1, 0.15) is 0 Å². The minimum Gasteiger partial charge on any atom is -0.280 e. The lowest BCUT2D eigenvalue weighted by molar-refractivity contribution is 0.252. The molecule has 3 nitrogen and oxygen atoms in total. The van der Waals surface area contributed by atoms with Crippen LogP contribution >= 0.6 is 34.4 Å². The molecule has 0 unspecified atom stereocenters. The maximum atomic E-state index is 12.2. The standard InChI is InChI=1S/C13H10F2INO2S2/c14-13(15)20-11-5-3-10(4-6-11)17-21(18,19)12-7-1-9(16)2-8-12/h1-8,13,17H. The highest BCUT2D eigenvalue weighted by atomic mass is 127. The van der Waals surface area contributed by atoms with Crippen molar-refractivity contribution in [3.05, 3.63) is 52.1 Å². The van der Waals surface area contributed by atoms with E-state index in [-0.39, 0.29) is 4.90 Å². The van der Waals surface area contributed by atoms with Crippen LogP contribution in [0.25, 0.3) is 0 Å². The predicted octanol–water partition coefficient (Wildman–Crippen LogP) is 4.41. The van der Waals surface area contributed by atoms with Crippen LogP contribution in [0, 0.1) is 3.57 Å². The van der Waals surface area contributed by atoms with Crippen molar-refractivity contribution in [2.45, 2.75) is 15.5 Å². The van der Waals surface area contributed by atoms with Gasteiger partial charge in [-0.1, -0.05) is 11.8 Å². The third-order valence-electron chi connectivity index (χ3n) is 2.46. The summed E-state index contributed by atoms with van der Waals surface area (Å²) in [5.74, 6) is -2.50. The van der Waals surface area contributed by atoms with Gasteiger partial charge in [0.15, 0.2) is 0 Å². The Morgan fingerprint density at radius 1 is 1.00 bits per heavy atom. The summed E-state index contributed by atoms with van der Waals surface area (Å²) in [6, 6.07) is 12.2. The summed E-state index contributed by atoms with van der Waals surface area (Å²) < 4.78 is 52.0. The van der Waals surface area contributed by atoms with E-state index in [1.807, 2.05) is 0 Å². The summed E-state index contributed by atoms with van der Waals surface area (Å²) in [5.41, 5.74) is 0.326. The largest absolute Gasteiger partial charge is 0.288 e. The number of alkyl halides is 2. The number of hydrogen-bond acceptors (Lipinski definition) is 3. The molecule has 0 aromatic heterocycles. The van der Waals surface area contributed by atoms with E-state index >= 15 is 0 Å². The van der Waals surface area contributed by atoms with Crippen molar-refractivity contribution in [2.75, 3.05) is 4.72 Å². The Bertz CT molecular complexity index is 704. The van der Waals surface area contributed by atoms with E-state index in [1.54, 1.807) is 12.1 Å². The third-order valence-corrected chi connectivity index (χ3v) is 5.29. The zero-order valence-corrected chi connectivity index (χ0v) is 14.3. The fourth-order valence-electron chi connectivity index (χ4n) is 1.53. The first kappa shape index (κ1) is 16.5. The van der Waals surface area contributed by atoms with Crippen LogP contribution in [0.3, 0.4) is 0 Å². The normalized spacial score (nSPS) is 11.6. The number of halogens is 3. The second-order valence-electron chi connectivity index (χ2n) is 3.96. The van der Waals surface area contributed by atoms with E-state index in [0.717, 1.165) is 3.57 Å². The van der Waals surface area contributed by atoms with E-state index < -0.39 is 15.8 Å². The van der Waals surface area contributed by atoms with Gasteiger partial charge in [0.05, 0.1) is 4.90 Å². The Kier molecular flexibility index (Phi) is 5.44. The smallest absolute Gasteiger partial charge is 0.280 e. The van der Waals surface area contributed by atoms with Gasteiger partial charge < -0.3 is 0 Å². The fraction of sp³-hybridized carbons (Fsp3) is 0.0769. The van der Waals surface area contributed by atoms with Gasteiger partial charge >= 0.3 is 0 Å². The summed E-state index contributed by atoms with van der Waals surface area (Å²) in [6.45, 7) is 0. The lowest BCUT2D eigenvalue weighted by Crippen LogP contribution is -2.12. The summed E-state index contributed by atoms with van der Waals surface area (Å²) in [5, 5.41) is 0. The molecule has 0 amide bonds. The molecule has 0 radical (unpaired) electrons. The summed E-state index contributed by atoms with van der Waals surface area (Å²) in [4.78, 5) is 0.524. The van der Waals surface area contributed by atoms with Gasteiger partial charge in [-0.3, -0.25) is 4.72 Å². The monoisotopic (exact) mass is 441 g/mol. The van der Waals surface area contributed by atoms with Gasteiger partial charge in [0.1, 0.15) is 0 Å². The Balaban J connectivity index is 2.15. The number of benzene rings is 2. The van der Waals surface area contributed by atoms with Crippen molar-refractivity contribution in [1.29, 1.82) is 0 Å². The van der Waals surface area contributed by atoms with Gasteiger partial charge in [-0.05, 0) is 71.1 Å². The van der Waals surface area contributed by atoms with Gasteiger partial charge in [-0.25, -0.2) is 8.42 Å². The third kappa shape index (κ3) is 4.82. The molecule has 21 heavy (non-hydrogen) atoms. The van der Waals surface area contributed by atoms with E-state index in [4.69, 9.17) is 0 Å². The molecule has 0 heterocycles. The Morgan fingerprint density at radius 2 is 1.57 bits per heavy atom. The van der Waals surface area contributed by atoms with Gasteiger partial charge in [0, 0.05) is 14.2 Å². The number of rotatable bonds is 5. The van der Waals surface area contributed by atoms with E-state index in [2.05, 4.69) is 27.3 Å². The Labute approximate surface area is 139 Å². The van der Waals surface area contributed by atoms with Crippen molar-refractivity contribution < 1.29 is 17.2 Å². The Hall–Kier alpha value is -0.870. The van der Waals surface area contributed by atoms with Crippen LogP contribution in [0.15, 0.2) is 58.3 Å². The lowest BCUT2D eigenvalue weighted by atomic mass is 10.3. The highest BCUT2D eigenvalue weighted by Gasteiger charge is 2.14. The lowest BCUT2D eigenvalue weighted by Gasteiger charge is -2.09. The fourth-order valence-corrected chi connectivity index (χ4v) is 3.45. The zero-order valence-electron chi connectivity index (χ0n) is 10.5. The maximum absolute atomic E-state index is 12.2. The molecule has 8 heteroatoms. The minimum atomic E-state index is -3.67. The summed E-state index contributed by atoms with van der Waals surface area (Å²) in [6.07, 6.45) is 0. The molecule has 1 N–H and O–H groups in total. The van der Waals surface area contributed by atoms with Crippen molar-refractivity contribution in [3.63, 3.8) is 0 Å². The number of sulfonamides is 1. The predicted molar refractivity (Wildman–Crippen MR) is 88.3 cm³/mol. The molecular formula is C13H10F2INO2S2. The number of hydrogen-bond donors (Lipinski definition) is 1. The van der Waals surface area contributed by atoms with Crippen molar-refractivity contribution in [2.24, 2.45) is 0 Å². The molecule has 0 fully saturated rings. The molecule has 0 bridgehead atoms. The first-order chi connectivity index (χ1) is 9.87. The van der Waals surface area contributed by atoms with Crippen LogP contribution in [-0.4, -0.2) is 14.2 Å². The maximum Gasteiger partial charge on any atom is 0.288 e. The van der Waals surface area contributed by atoms with Crippen LogP contribution < -0.4 is 4.72 Å². The van der Waals surface area contributed by atoms with Gasteiger partial charge in [0.2, 0.25) is 0 Å². The van der Waals surface area contributed by atoms with Crippen LogP contribution in [0.5, 0.6) is 0 Å². The van der Waals surface area contributed by atoms with Crippen molar-refractivity contribution in [3.8, 4) is 0 Å². The van der Waals surface area contributed by atoms with Crippen LogP contribution in [-0.2, 0) is 10.0 Å². The quantitative estimate of drug-likeness (QED) is 0.553. The average Bonchev–Trinajstić information content (AvgIpc) is 2.40. The van der Waals surface area contributed by atoms with Crippen molar-refractivity contribution >= 4 is 50.1 Å². The number of nitrogens with one attached hydrogen (secondary N) is 1. The molecule has 0 aliphatic rings. The van der Waals surface area contributed by atoms with E-state index in [9.17, 15) is 17.2 Å². The molecule has 0 saturated carbocycles. The summed E-state index contributed by atoms with van der Waals surface area (Å²) >= 11 is 2.49. The molecule has 2 aromatic carbocycles. The Morgan fingerprint density at radius 3 is 2.10 bits per heavy atom. The van der Waals surface area contributed by atoms with E-state index in [1.165, 1.54) is 36.4 Å².